The Kier molecular flexibility index (Phi) is 5.35. The summed E-state index contributed by atoms with van der Waals surface area (Å²) in [6.07, 6.45) is 0. The highest BCUT2D eigenvalue weighted by molar-refractivity contribution is 7.20. The van der Waals surface area contributed by atoms with Crippen LogP contribution in [0.15, 0.2) is 41.1 Å². The van der Waals surface area contributed by atoms with Crippen molar-refractivity contribution in [1.82, 2.24) is 9.88 Å². The molecular weight excluding hydrogens is 356 g/mol. The zero-order valence-electron chi connectivity index (χ0n) is 14.2. The van der Waals surface area contributed by atoms with Crippen LogP contribution in [0, 0.1) is 0 Å². The predicted octanol–water partition coefficient (Wildman–Crippen LogP) is 4.16. The molecule has 0 fully saturated rings. The summed E-state index contributed by atoms with van der Waals surface area (Å²) in [6.45, 7) is 0.428. The van der Waals surface area contributed by atoms with Crippen LogP contribution < -0.4 is 9.47 Å². The highest BCUT2D eigenvalue weighted by Gasteiger charge is 2.18. The Hall–Kier alpha value is -2.38. The Morgan fingerprint density at radius 1 is 1.20 bits per heavy atom. The van der Waals surface area contributed by atoms with Gasteiger partial charge in [-0.1, -0.05) is 6.07 Å². The lowest BCUT2D eigenvalue weighted by molar-refractivity contribution is 0.0779. The van der Waals surface area contributed by atoms with Crippen LogP contribution in [0.5, 0.6) is 11.5 Å². The minimum Gasteiger partial charge on any atom is -0.497 e. The average molecular weight is 374 g/mol. The molecule has 0 bridgehead atoms. The van der Waals surface area contributed by atoms with Crippen LogP contribution in [0.1, 0.15) is 16.1 Å². The van der Waals surface area contributed by atoms with Crippen LogP contribution >= 0.6 is 22.7 Å². The summed E-state index contributed by atoms with van der Waals surface area (Å²) >= 11 is 3.10. The molecule has 130 valence electrons. The number of hydrogen-bond acceptors (Lipinski definition) is 6. The lowest BCUT2D eigenvalue weighted by atomic mass is 10.1. The van der Waals surface area contributed by atoms with Gasteiger partial charge in [-0.15, -0.1) is 22.7 Å². The van der Waals surface area contributed by atoms with E-state index in [4.69, 9.17) is 9.47 Å². The van der Waals surface area contributed by atoms with E-state index < -0.39 is 0 Å². The molecule has 0 saturated heterocycles. The number of nitrogens with zero attached hydrogens (tertiary/aromatic N) is 2. The van der Waals surface area contributed by atoms with Crippen molar-refractivity contribution in [3.8, 4) is 21.4 Å². The molecule has 0 atom stereocenters. The lowest BCUT2D eigenvalue weighted by Gasteiger charge is -2.18. The van der Waals surface area contributed by atoms with Crippen molar-refractivity contribution in [3.63, 3.8) is 0 Å². The van der Waals surface area contributed by atoms with Gasteiger partial charge < -0.3 is 14.4 Å². The van der Waals surface area contributed by atoms with Gasteiger partial charge in [0.2, 0.25) is 0 Å². The number of aromatic nitrogens is 1. The van der Waals surface area contributed by atoms with Crippen LogP contribution in [0.2, 0.25) is 0 Å². The zero-order chi connectivity index (χ0) is 17.8. The fraction of sp³-hybridized carbons (Fsp3) is 0.222. The number of amides is 1. The highest BCUT2D eigenvalue weighted by atomic mass is 32.1. The van der Waals surface area contributed by atoms with E-state index in [1.165, 1.54) is 11.3 Å². The minimum absolute atomic E-state index is 0.114. The molecule has 3 aromatic rings. The number of carbonyl (C=O) groups excluding carboxylic acids is 1. The first-order chi connectivity index (χ1) is 12.1. The van der Waals surface area contributed by atoms with E-state index >= 15 is 0 Å². The topological polar surface area (TPSA) is 51.7 Å². The fourth-order valence-electron chi connectivity index (χ4n) is 2.39. The summed E-state index contributed by atoms with van der Waals surface area (Å²) < 4.78 is 10.6. The zero-order valence-corrected chi connectivity index (χ0v) is 15.8. The van der Waals surface area contributed by atoms with Crippen molar-refractivity contribution in [2.45, 2.75) is 6.54 Å². The molecule has 0 spiro atoms. The Balaban J connectivity index is 1.75. The first-order valence-electron chi connectivity index (χ1n) is 7.58. The summed E-state index contributed by atoms with van der Waals surface area (Å²) in [6, 6.07) is 9.55. The van der Waals surface area contributed by atoms with Crippen LogP contribution in [0.3, 0.4) is 0 Å². The maximum atomic E-state index is 12.7. The molecule has 5 nitrogen and oxygen atoms in total. The first-order valence-corrected chi connectivity index (χ1v) is 9.34. The van der Waals surface area contributed by atoms with Gasteiger partial charge in [-0.2, -0.15) is 0 Å². The molecule has 25 heavy (non-hydrogen) atoms. The quantitative estimate of drug-likeness (QED) is 0.650. The SMILES string of the molecule is COc1ccc(CN(C)C(=O)c2csc(-c3cccs3)n2)c(OC)c1. The normalized spacial score (nSPS) is 10.5. The first kappa shape index (κ1) is 17.4. The Labute approximate surface area is 154 Å². The van der Waals surface area contributed by atoms with Crippen LogP contribution in [-0.2, 0) is 6.54 Å². The molecule has 0 saturated carbocycles. The van der Waals surface area contributed by atoms with Gasteiger partial charge in [-0.25, -0.2) is 4.98 Å². The Morgan fingerprint density at radius 2 is 2.04 bits per heavy atom. The largest absolute Gasteiger partial charge is 0.497 e. The summed E-state index contributed by atoms with van der Waals surface area (Å²) in [4.78, 5) is 19.8. The molecule has 2 aromatic heterocycles. The molecular formula is C18H18N2O3S2. The number of methoxy groups -OCH3 is 2. The number of rotatable bonds is 6. The number of thiophene rings is 1. The summed E-state index contributed by atoms with van der Waals surface area (Å²) in [5, 5.41) is 4.67. The van der Waals surface area contributed by atoms with E-state index in [0.717, 1.165) is 21.2 Å². The number of thiazole rings is 1. The maximum absolute atomic E-state index is 12.7. The second kappa shape index (κ2) is 7.67. The standard InChI is InChI=1S/C18H18N2O3S2/c1-20(10-12-6-7-13(22-2)9-15(12)23-3)18(21)14-11-25-17(19-14)16-5-4-8-24-16/h4-9,11H,10H2,1-3H3. The van der Waals surface area contributed by atoms with Gasteiger partial charge in [0.15, 0.2) is 0 Å². The third-order valence-electron chi connectivity index (χ3n) is 3.70. The van der Waals surface area contributed by atoms with Crippen molar-refractivity contribution in [2.75, 3.05) is 21.3 Å². The van der Waals surface area contributed by atoms with Crippen molar-refractivity contribution in [1.29, 1.82) is 0 Å². The van der Waals surface area contributed by atoms with Gasteiger partial charge in [0.1, 0.15) is 22.2 Å². The molecule has 1 amide bonds. The van der Waals surface area contributed by atoms with Gasteiger partial charge in [0, 0.05) is 30.6 Å². The van der Waals surface area contributed by atoms with Crippen molar-refractivity contribution in [2.24, 2.45) is 0 Å². The molecule has 1 aromatic carbocycles. The summed E-state index contributed by atoms with van der Waals surface area (Å²) in [5.74, 6) is 1.29. The average Bonchev–Trinajstić information content (AvgIpc) is 3.32. The highest BCUT2D eigenvalue weighted by Crippen LogP contribution is 2.29. The third-order valence-corrected chi connectivity index (χ3v) is 5.59. The number of benzene rings is 1. The molecule has 0 radical (unpaired) electrons. The minimum atomic E-state index is -0.114. The van der Waals surface area contributed by atoms with Gasteiger partial charge in [0.05, 0.1) is 19.1 Å². The van der Waals surface area contributed by atoms with E-state index in [0.29, 0.717) is 18.0 Å². The monoisotopic (exact) mass is 374 g/mol. The molecule has 0 unspecified atom stereocenters. The van der Waals surface area contributed by atoms with Crippen molar-refractivity contribution >= 4 is 28.6 Å². The van der Waals surface area contributed by atoms with Gasteiger partial charge in [0.25, 0.3) is 5.91 Å². The van der Waals surface area contributed by atoms with E-state index in [9.17, 15) is 4.79 Å². The van der Waals surface area contributed by atoms with E-state index in [1.807, 2.05) is 35.7 Å². The van der Waals surface area contributed by atoms with E-state index in [1.54, 1.807) is 42.9 Å². The number of hydrogen-bond donors (Lipinski definition) is 0. The summed E-state index contributed by atoms with van der Waals surface area (Å²) in [5.41, 5.74) is 1.37. The lowest BCUT2D eigenvalue weighted by Crippen LogP contribution is -2.26. The maximum Gasteiger partial charge on any atom is 0.273 e. The van der Waals surface area contributed by atoms with Gasteiger partial charge >= 0.3 is 0 Å². The molecule has 0 aliphatic carbocycles. The molecule has 2 heterocycles. The number of ether oxygens (including phenoxy) is 2. The Bertz CT molecular complexity index is 859. The van der Waals surface area contributed by atoms with E-state index in [-0.39, 0.29) is 5.91 Å². The van der Waals surface area contributed by atoms with Gasteiger partial charge in [-0.05, 0) is 23.6 Å². The van der Waals surface area contributed by atoms with Crippen LogP contribution in [0.4, 0.5) is 0 Å². The summed E-state index contributed by atoms with van der Waals surface area (Å²) in [7, 11) is 4.97. The second-order valence-corrected chi connectivity index (χ2v) is 7.16. The fourth-order valence-corrected chi connectivity index (χ4v) is 4.00. The molecule has 0 aliphatic heterocycles. The third kappa shape index (κ3) is 3.83. The van der Waals surface area contributed by atoms with Crippen LogP contribution in [0.25, 0.3) is 9.88 Å². The number of carbonyl (C=O) groups is 1. The van der Waals surface area contributed by atoms with Crippen LogP contribution in [-0.4, -0.2) is 37.1 Å². The van der Waals surface area contributed by atoms with Crippen molar-refractivity contribution in [3.05, 3.63) is 52.3 Å². The second-order valence-electron chi connectivity index (χ2n) is 5.35. The smallest absolute Gasteiger partial charge is 0.273 e. The van der Waals surface area contributed by atoms with Gasteiger partial charge in [-0.3, -0.25) is 4.79 Å². The Morgan fingerprint density at radius 3 is 2.72 bits per heavy atom. The molecule has 0 aliphatic rings. The molecule has 3 rings (SSSR count). The molecule has 7 heteroatoms. The predicted molar refractivity (Wildman–Crippen MR) is 101 cm³/mol. The molecule has 0 N–H and O–H groups in total. The van der Waals surface area contributed by atoms with E-state index in [2.05, 4.69) is 4.98 Å². The van der Waals surface area contributed by atoms with Crippen molar-refractivity contribution < 1.29 is 14.3 Å².